The molecule has 1 aliphatic rings. The number of carbonyl (C=O) groups is 1. The van der Waals surface area contributed by atoms with Gasteiger partial charge in [-0.3, -0.25) is 9.52 Å². The monoisotopic (exact) mass is 389 g/mol. The molecule has 1 heterocycles. The van der Waals surface area contributed by atoms with Crippen LogP contribution in [0.3, 0.4) is 0 Å². The zero-order chi connectivity index (χ0) is 19.3. The molecule has 27 heavy (non-hydrogen) atoms. The molecule has 0 spiro atoms. The summed E-state index contributed by atoms with van der Waals surface area (Å²) in [6.45, 7) is 4.79. The van der Waals surface area contributed by atoms with Crippen LogP contribution < -0.4 is 20.1 Å². The van der Waals surface area contributed by atoms with Gasteiger partial charge in [0.1, 0.15) is 5.75 Å². The first-order chi connectivity index (χ1) is 13.0. The Kier molecular flexibility index (Phi) is 5.98. The number of hydrogen-bond donors (Lipinski definition) is 3. The predicted molar refractivity (Wildman–Crippen MR) is 104 cm³/mol. The van der Waals surface area contributed by atoms with Crippen LogP contribution in [0.25, 0.3) is 0 Å². The highest BCUT2D eigenvalue weighted by molar-refractivity contribution is 7.92. The fraction of sp³-hybridized carbons (Fsp3) is 0.316. The largest absolute Gasteiger partial charge is 0.494 e. The van der Waals surface area contributed by atoms with E-state index in [1.54, 1.807) is 30.3 Å². The molecule has 2 aromatic rings. The van der Waals surface area contributed by atoms with Gasteiger partial charge in [-0.1, -0.05) is 6.07 Å². The third-order valence-corrected chi connectivity index (χ3v) is 5.64. The molecule has 3 rings (SSSR count). The lowest BCUT2D eigenvalue weighted by molar-refractivity contribution is 0.0942. The first kappa shape index (κ1) is 19.2. The number of benzene rings is 2. The Bertz CT molecular complexity index is 893. The van der Waals surface area contributed by atoms with Gasteiger partial charge in [-0.15, -0.1) is 0 Å². The standard InChI is InChI=1S/C19H23N3O4S/c1-2-26-17-6-8-18(9-7-17)27(24,25)22-16-5-3-4-15(10-16)19(23)21-13-14-11-20-12-14/h3-10,14,20,22H,2,11-13H2,1H3,(H,21,23). The second-order valence-electron chi connectivity index (χ2n) is 6.33. The van der Waals surface area contributed by atoms with Gasteiger partial charge < -0.3 is 15.4 Å². The van der Waals surface area contributed by atoms with E-state index in [0.717, 1.165) is 13.1 Å². The molecule has 0 bridgehead atoms. The minimum atomic E-state index is -3.75. The molecular formula is C19H23N3O4S. The maximum Gasteiger partial charge on any atom is 0.261 e. The maximum atomic E-state index is 12.6. The smallest absolute Gasteiger partial charge is 0.261 e. The van der Waals surface area contributed by atoms with Crippen molar-refractivity contribution >= 4 is 21.6 Å². The molecule has 1 aliphatic heterocycles. The van der Waals surface area contributed by atoms with Crippen molar-refractivity contribution in [2.24, 2.45) is 5.92 Å². The number of ether oxygens (including phenoxy) is 1. The fourth-order valence-corrected chi connectivity index (χ4v) is 3.70. The lowest BCUT2D eigenvalue weighted by Crippen LogP contribution is -2.48. The van der Waals surface area contributed by atoms with E-state index in [1.807, 2.05) is 6.92 Å². The molecule has 2 aromatic carbocycles. The molecule has 0 aromatic heterocycles. The van der Waals surface area contributed by atoms with E-state index in [9.17, 15) is 13.2 Å². The quantitative estimate of drug-likeness (QED) is 0.640. The van der Waals surface area contributed by atoms with E-state index in [-0.39, 0.29) is 10.8 Å². The van der Waals surface area contributed by atoms with Crippen LogP contribution in [0, 0.1) is 5.92 Å². The van der Waals surface area contributed by atoms with Crippen molar-refractivity contribution in [3.63, 3.8) is 0 Å². The SMILES string of the molecule is CCOc1ccc(S(=O)(=O)Nc2cccc(C(=O)NCC3CNC3)c2)cc1. The zero-order valence-electron chi connectivity index (χ0n) is 15.1. The summed E-state index contributed by atoms with van der Waals surface area (Å²) in [5, 5.41) is 6.02. The second kappa shape index (κ2) is 8.41. The van der Waals surface area contributed by atoms with Crippen LogP contribution in [0.1, 0.15) is 17.3 Å². The lowest BCUT2D eigenvalue weighted by Gasteiger charge is -2.27. The third kappa shape index (κ3) is 4.99. The van der Waals surface area contributed by atoms with Crippen LogP contribution in [0.15, 0.2) is 53.4 Å². The Morgan fingerprint density at radius 1 is 1.19 bits per heavy atom. The molecular weight excluding hydrogens is 366 g/mol. The highest BCUT2D eigenvalue weighted by Crippen LogP contribution is 2.20. The van der Waals surface area contributed by atoms with Crippen molar-refractivity contribution in [3.05, 3.63) is 54.1 Å². The van der Waals surface area contributed by atoms with Gasteiger partial charge in [-0.25, -0.2) is 8.42 Å². The van der Waals surface area contributed by atoms with E-state index in [0.29, 0.717) is 36.1 Å². The Morgan fingerprint density at radius 3 is 2.56 bits per heavy atom. The summed E-state index contributed by atoms with van der Waals surface area (Å²) in [6.07, 6.45) is 0. The van der Waals surface area contributed by atoms with Gasteiger partial charge >= 0.3 is 0 Å². The first-order valence-electron chi connectivity index (χ1n) is 8.82. The average Bonchev–Trinajstić information content (AvgIpc) is 2.61. The molecule has 1 saturated heterocycles. The van der Waals surface area contributed by atoms with Crippen molar-refractivity contribution in [2.45, 2.75) is 11.8 Å². The summed E-state index contributed by atoms with van der Waals surface area (Å²) in [6, 6.07) is 12.6. The molecule has 1 fully saturated rings. The topological polar surface area (TPSA) is 96.5 Å². The normalized spacial score (nSPS) is 14.3. The summed E-state index contributed by atoms with van der Waals surface area (Å²) in [5.41, 5.74) is 0.746. The van der Waals surface area contributed by atoms with Crippen LogP contribution >= 0.6 is 0 Å². The van der Waals surface area contributed by atoms with Crippen LogP contribution in [-0.4, -0.2) is 40.6 Å². The molecule has 0 saturated carbocycles. The molecule has 0 unspecified atom stereocenters. The number of anilines is 1. The number of carbonyl (C=O) groups excluding carboxylic acids is 1. The predicted octanol–water partition coefficient (Wildman–Crippen LogP) is 1.84. The van der Waals surface area contributed by atoms with Crippen LogP contribution in [0.4, 0.5) is 5.69 Å². The third-order valence-electron chi connectivity index (χ3n) is 4.24. The summed E-state index contributed by atoms with van der Waals surface area (Å²) < 4.78 is 32.9. The Balaban J connectivity index is 1.67. The summed E-state index contributed by atoms with van der Waals surface area (Å²) in [5.74, 6) is 0.844. The van der Waals surface area contributed by atoms with Gasteiger partial charge in [0.25, 0.3) is 15.9 Å². The molecule has 0 atom stereocenters. The van der Waals surface area contributed by atoms with Gasteiger partial charge in [-0.05, 0) is 49.4 Å². The van der Waals surface area contributed by atoms with Gasteiger partial charge in [-0.2, -0.15) is 0 Å². The number of sulfonamides is 1. The molecule has 0 radical (unpaired) electrons. The van der Waals surface area contributed by atoms with E-state index in [1.165, 1.54) is 18.2 Å². The number of rotatable bonds is 8. The van der Waals surface area contributed by atoms with Crippen molar-refractivity contribution in [2.75, 3.05) is 31.0 Å². The molecule has 7 nitrogen and oxygen atoms in total. The Labute approximate surface area is 159 Å². The molecule has 3 N–H and O–H groups in total. The second-order valence-corrected chi connectivity index (χ2v) is 8.01. The van der Waals surface area contributed by atoms with Crippen molar-refractivity contribution < 1.29 is 17.9 Å². The molecule has 144 valence electrons. The van der Waals surface area contributed by atoms with Crippen LogP contribution in [0.2, 0.25) is 0 Å². The van der Waals surface area contributed by atoms with Gasteiger partial charge in [0.2, 0.25) is 0 Å². The van der Waals surface area contributed by atoms with E-state index in [2.05, 4.69) is 15.4 Å². The summed E-state index contributed by atoms with van der Waals surface area (Å²) in [7, 11) is -3.75. The van der Waals surface area contributed by atoms with Crippen LogP contribution in [-0.2, 0) is 10.0 Å². The van der Waals surface area contributed by atoms with Crippen molar-refractivity contribution in [3.8, 4) is 5.75 Å². The average molecular weight is 389 g/mol. The molecule has 8 heteroatoms. The minimum Gasteiger partial charge on any atom is -0.494 e. The number of amides is 1. The maximum absolute atomic E-state index is 12.6. The lowest BCUT2D eigenvalue weighted by atomic mass is 10.0. The van der Waals surface area contributed by atoms with E-state index in [4.69, 9.17) is 4.74 Å². The fourth-order valence-electron chi connectivity index (χ4n) is 2.65. The highest BCUT2D eigenvalue weighted by Gasteiger charge is 2.18. The molecule has 1 amide bonds. The van der Waals surface area contributed by atoms with Gasteiger partial charge in [0.15, 0.2) is 0 Å². The van der Waals surface area contributed by atoms with E-state index >= 15 is 0 Å². The summed E-state index contributed by atoms with van der Waals surface area (Å²) in [4.78, 5) is 12.4. The number of nitrogens with one attached hydrogen (secondary N) is 3. The van der Waals surface area contributed by atoms with E-state index < -0.39 is 10.0 Å². The minimum absolute atomic E-state index is 0.123. The Morgan fingerprint density at radius 2 is 1.93 bits per heavy atom. The van der Waals surface area contributed by atoms with Crippen molar-refractivity contribution in [1.29, 1.82) is 0 Å². The number of hydrogen-bond acceptors (Lipinski definition) is 5. The molecule has 0 aliphatic carbocycles. The van der Waals surface area contributed by atoms with Crippen LogP contribution in [0.5, 0.6) is 5.75 Å². The first-order valence-corrected chi connectivity index (χ1v) is 10.3. The highest BCUT2D eigenvalue weighted by atomic mass is 32.2. The van der Waals surface area contributed by atoms with Crippen molar-refractivity contribution in [1.82, 2.24) is 10.6 Å². The summed E-state index contributed by atoms with van der Waals surface area (Å²) >= 11 is 0. The van der Waals surface area contributed by atoms with Gasteiger partial charge in [0, 0.05) is 36.8 Å². The Hall–Kier alpha value is -2.58. The zero-order valence-corrected chi connectivity index (χ0v) is 15.9. The van der Waals surface area contributed by atoms with Gasteiger partial charge in [0.05, 0.1) is 11.5 Å².